The van der Waals surface area contributed by atoms with E-state index in [-0.39, 0.29) is 19.6 Å². The lowest BCUT2D eigenvalue weighted by molar-refractivity contribution is -0.136. The first kappa shape index (κ1) is 14.3. The van der Waals surface area contributed by atoms with Crippen LogP contribution in [0.3, 0.4) is 0 Å². The van der Waals surface area contributed by atoms with Gasteiger partial charge in [0.25, 0.3) is 0 Å². The Morgan fingerprint density at radius 1 is 1.37 bits per heavy atom. The standard InChI is InChI=1S/C11H12N4O4/c12-15-14-9-3-1-8(2-4-9)7-19-11(18)13-6-5-10(16)17/h1-4H,5-7H2,(H,13,18)(H,16,17). The molecule has 0 saturated heterocycles. The van der Waals surface area contributed by atoms with Crippen LogP contribution in [0.4, 0.5) is 10.5 Å². The Balaban J connectivity index is 2.33. The third-order valence-electron chi connectivity index (χ3n) is 2.07. The molecule has 0 unspecified atom stereocenters. The van der Waals surface area contributed by atoms with Crippen LogP contribution in [0, 0.1) is 0 Å². The molecule has 100 valence electrons. The molecule has 2 N–H and O–H groups in total. The first-order valence-corrected chi connectivity index (χ1v) is 5.38. The predicted octanol–water partition coefficient (Wildman–Crippen LogP) is 2.33. The van der Waals surface area contributed by atoms with E-state index < -0.39 is 12.1 Å². The van der Waals surface area contributed by atoms with Crippen LogP contribution in [0.25, 0.3) is 10.4 Å². The van der Waals surface area contributed by atoms with E-state index in [2.05, 4.69) is 15.3 Å². The van der Waals surface area contributed by atoms with E-state index in [0.717, 1.165) is 5.56 Å². The quantitative estimate of drug-likeness (QED) is 0.464. The van der Waals surface area contributed by atoms with Gasteiger partial charge in [-0.15, -0.1) is 0 Å². The molecule has 0 bridgehead atoms. The SMILES string of the molecule is [N-]=[N+]=Nc1ccc(COC(=O)NCCC(=O)O)cc1. The second kappa shape index (κ2) is 7.57. The Hall–Kier alpha value is -2.73. The van der Waals surface area contributed by atoms with Gasteiger partial charge in [0.1, 0.15) is 6.61 Å². The number of carbonyl (C=O) groups excluding carboxylic acids is 1. The molecule has 8 heteroatoms. The maximum atomic E-state index is 11.2. The number of rotatable bonds is 6. The number of hydrogen-bond donors (Lipinski definition) is 2. The van der Waals surface area contributed by atoms with Gasteiger partial charge >= 0.3 is 12.1 Å². The molecule has 1 amide bonds. The summed E-state index contributed by atoms with van der Waals surface area (Å²) in [6, 6.07) is 6.52. The molecule has 0 spiro atoms. The van der Waals surface area contributed by atoms with Gasteiger partial charge in [-0.1, -0.05) is 29.4 Å². The van der Waals surface area contributed by atoms with Crippen LogP contribution in [0.1, 0.15) is 12.0 Å². The molecular formula is C11H12N4O4. The summed E-state index contributed by atoms with van der Waals surface area (Å²) in [4.78, 5) is 24.0. The summed E-state index contributed by atoms with van der Waals surface area (Å²) in [6.07, 6.45) is -0.837. The molecule has 19 heavy (non-hydrogen) atoms. The van der Waals surface area contributed by atoms with Crippen LogP contribution in [-0.4, -0.2) is 23.7 Å². The summed E-state index contributed by atoms with van der Waals surface area (Å²) < 4.78 is 4.86. The van der Waals surface area contributed by atoms with Crippen molar-refractivity contribution in [2.45, 2.75) is 13.0 Å². The first-order valence-electron chi connectivity index (χ1n) is 5.38. The highest BCUT2D eigenvalue weighted by Gasteiger charge is 2.03. The molecule has 0 aliphatic rings. The van der Waals surface area contributed by atoms with Crippen LogP contribution in [0.2, 0.25) is 0 Å². The third kappa shape index (κ3) is 5.94. The fourth-order valence-electron chi connectivity index (χ4n) is 1.18. The Labute approximate surface area is 108 Å². The van der Waals surface area contributed by atoms with Crippen LogP contribution in [0.15, 0.2) is 29.4 Å². The number of alkyl carbamates (subject to hydrolysis) is 1. The van der Waals surface area contributed by atoms with Crippen molar-refractivity contribution in [3.05, 3.63) is 40.3 Å². The highest BCUT2D eigenvalue weighted by molar-refractivity contribution is 5.70. The van der Waals surface area contributed by atoms with Crippen LogP contribution >= 0.6 is 0 Å². The minimum atomic E-state index is -0.992. The smallest absolute Gasteiger partial charge is 0.407 e. The van der Waals surface area contributed by atoms with Crippen molar-refractivity contribution in [1.29, 1.82) is 0 Å². The number of aliphatic carboxylic acids is 1. The summed E-state index contributed by atoms with van der Waals surface area (Å²) in [7, 11) is 0. The molecule has 0 saturated carbocycles. The van der Waals surface area contributed by atoms with Crippen molar-refractivity contribution in [2.75, 3.05) is 6.54 Å². The second-order valence-electron chi connectivity index (χ2n) is 3.50. The van der Waals surface area contributed by atoms with Gasteiger partial charge in [0.05, 0.1) is 6.42 Å². The maximum absolute atomic E-state index is 11.2. The Morgan fingerprint density at radius 3 is 2.63 bits per heavy atom. The van der Waals surface area contributed by atoms with Crippen LogP contribution < -0.4 is 5.32 Å². The number of carboxylic acid groups (broad SMARTS) is 1. The third-order valence-corrected chi connectivity index (χ3v) is 2.07. The number of ether oxygens (including phenoxy) is 1. The number of nitrogens with one attached hydrogen (secondary N) is 1. The van der Waals surface area contributed by atoms with Gasteiger partial charge in [0.15, 0.2) is 0 Å². The maximum Gasteiger partial charge on any atom is 0.407 e. The van der Waals surface area contributed by atoms with Crippen molar-refractivity contribution >= 4 is 17.7 Å². The number of amides is 1. The van der Waals surface area contributed by atoms with Gasteiger partial charge in [-0.25, -0.2) is 4.79 Å². The average Bonchev–Trinajstić information content (AvgIpc) is 2.38. The minimum absolute atomic E-state index is 0.0178. The van der Waals surface area contributed by atoms with E-state index >= 15 is 0 Å². The molecule has 0 fully saturated rings. The predicted molar refractivity (Wildman–Crippen MR) is 65.7 cm³/mol. The van der Waals surface area contributed by atoms with Crippen molar-refractivity contribution in [3.63, 3.8) is 0 Å². The van der Waals surface area contributed by atoms with Crippen molar-refractivity contribution in [1.82, 2.24) is 5.32 Å². The Kier molecular flexibility index (Phi) is 5.71. The molecule has 0 aliphatic carbocycles. The number of carboxylic acids is 1. The summed E-state index contributed by atoms with van der Waals surface area (Å²) in [5.41, 5.74) is 9.42. The van der Waals surface area contributed by atoms with E-state index in [1.807, 2.05) is 0 Å². The second-order valence-corrected chi connectivity index (χ2v) is 3.50. The molecule has 1 rings (SSSR count). The van der Waals surface area contributed by atoms with E-state index in [4.69, 9.17) is 15.4 Å². The van der Waals surface area contributed by atoms with Gasteiger partial charge < -0.3 is 15.2 Å². The largest absolute Gasteiger partial charge is 0.481 e. The lowest BCUT2D eigenvalue weighted by atomic mass is 10.2. The highest BCUT2D eigenvalue weighted by Crippen LogP contribution is 2.13. The number of carbonyl (C=O) groups is 2. The van der Waals surface area contributed by atoms with Crippen LogP contribution in [0.5, 0.6) is 0 Å². The Bertz CT molecular complexity index is 494. The summed E-state index contributed by atoms with van der Waals surface area (Å²) in [6.45, 7) is 0.0689. The fraction of sp³-hybridized carbons (Fsp3) is 0.273. The van der Waals surface area contributed by atoms with E-state index in [9.17, 15) is 9.59 Å². The summed E-state index contributed by atoms with van der Waals surface area (Å²) in [5.74, 6) is -0.992. The number of azide groups is 1. The average molecular weight is 264 g/mol. The molecule has 0 atom stereocenters. The lowest BCUT2D eigenvalue weighted by Crippen LogP contribution is -2.26. The minimum Gasteiger partial charge on any atom is -0.481 e. The van der Waals surface area contributed by atoms with Gasteiger partial charge in [0, 0.05) is 17.1 Å². The molecule has 0 aromatic heterocycles. The topological polar surface area (TPSA) is 124 Å². The van der Waals surface area contributed by atoms with Gasteiger partial charge in [-0.2, -0.15) is 0 Å². The summed E-state index contributed by atoms with van der Waals surface area (Å²) >= 11 is 0. The normalized spacial score (nSPS) is 9.26. The van der Waals surface area contributed by atoms with Gasteiger partial charge in [-0.3, -0.25) is 4.79 Å². The number of hydrogen-bond acceptors (Lipinski definition) is 4. The van der Waals surface area contributed by atoms with E-state index in [1.165, 1.54) is 0 Å². The zero-order chi connectivity index (χ0) is 14.1. The molecule has 0 heterocycles. The lowest BCUT2D eigenvalue weighted by Gasteiger charge is -2.06. The van der Waals surface area contributed by atoms with Crippen molar-refractivity contribution in [3.8, 4) is 0 Å². The first-order chi connectivity index (χ1) is 9.11. The summed E-state index contributed by atoms with van der Waals surface area (Å²) in [5, 5.41) is 14.1. The number of benzene rings is 1. The van der Waals surface area contributed by atoms with Crippen LogP contribution in [-0.2, 0) is 16.1 Å². The van der Waals surface area contributed by atoms with Gasteiger partial charge in [-0.05, 0) is 11.1 Å². The monoisotopic (exact) mass is 264 g/mol. The zero-order valence-corrected chi connectivity index (χ0v) is 9.94. The fourth-order valence-corrected chi connectivity index (χ4v) is 1.18. The highest BCUT2D eigenvalue weighted by atomic mass is 16.5. The van der Waals surface area contributed by atoms with E-state index in [0.29, 0.717) is 5.69 Å². The molecule has 1 aromatic rings. The molecule has 8 nitrogen and oxygen atoms in total. The molecule has 1 aromatic carbocycles. The van der Waals surface area contributed by atoms with Crippen molar-refractivity contribution in [2.24, 2.45) is 5.11 Å². The van der Waals surface area contributed by atoms with Crippen molar-refractivity contribution < 1.29 is 19.4 Å². The number of nitrogens with zero attached hydrogens (tertiary/aromatic N) is 3. The van der Waals surface area contributed by atoms with E-state index in [1.54, 1.807) is 24.3 Å². The zero-order valence-electron chi connectivity index (χ0n) is 9.94. The van der Waals surface area contributed by atoms with Gasteiger partial charge in [0.2, 0.25) is 0 Å². The Morgan fingerprint density at radius 2 is 2.05 bits per heavy atom. The molecule has 0 radical (unpaired) electrons. The molecule has 0 aliphatic heterocycles. The molecular weight excluding hydrogens is 252 g/mol.